The van der Waals surface area contributed by atoms with Gasteiger partial charge in [-0.1, -0.05) is 23.5 Å². The second kappa shape index (κ2) is 7.99. The number of thiazole rings is 1. The highest BCUT2D eigenvalue weighted by atomic mass is 32.1. The van der Waals surface area contributed by atoms with E-state index in [1.54, 1.807) is 19.5 Å². The van der Waals surface area contributed by atoms with E-state index in [0.29, 0.717) is 18.3 Å². The standard InChI is InChI=1S/C19H20N4O3S/c1-25-11-13-3-2-4-15-16(13)22-19(27-15)23-18(24)21-14-7-10-26-17(14)12-5-8-20-9-6-12/h2-6,8-9,14,17H,7,10-11H2,1H3,(H2,21,22,23,24)/t14-,17+/m1/s1. The number of aromatic nitrogens is 2. The molecule has 1 aliphatic heterocycles. The Bertz CT molecular complexity index is 931. The third-order valence-electron chi connectivity index (χ3n) is 4.47. The number of pyridine rings is 1. The van der Waals surface area contributed by atoms with Gasteiger partial charge in [-0.15, -0.1) is 0 Å². The number of carbonyl (C=O) groups excluding carboxylic acids is 1. The van der Waals surface area contributed by atoms with Crippen molar-refractivity contribution in [3.63, 3.8) is 0 Å². The Morgan fingerprint density at radius 3 is 3.00 bits per heavy atom. The number of fused-ring (bicyclic) bond motifs is 1. The summed E-state index contributed by atoms with van der Waals surface area (Å²) in [5.41, 5.74) is 2.87. The zero-order valence-corrected chi connectivity index (χ0v) is 15.7. The minimum Gasteiger partial charge on any atom is -0.380 e. The molecule has 0 aliphatic carbocycles. The first-order valence-corrected chi connectivity index (χ1v) is 9.52. The molecule has 1 fully saturated rings. The molecule has 3 aromatic rings. The molecule has 0 unspecified atom stereocenters. The summed E-state index contributed by atoms with van der Waals surface area (Å²) in [6.07, 6.45) is 4.06. The first-order valence-electron chi connectivity index (χ1n) is 8.71. The average Bonchev–Trinajstić information content (AvgIpc) is 3.29. The maximum atomic E-state index is 12.5. The molecule has 4 rings (SSSR count). The van der Waals surface area contributed by atoms with Crippen molar-refractivity contribution < 1.29 is 14.3 Å². The number of ether oxygens (including phenoxy) is 2. The molecule has 8 heteroatoms. The molecule has 1 aliphatic rings. The molecular formula is C19H20N4O3S. The molecule has 7 nitrogen and oxygen atoms in total. The topological polar surface area (TPSA) is 85.4 Å². The van der Waals surface area contributed by atoms with Crippen LogP contribution in [0.4, 0.5) is 9.93 Å². The number of carbonyl (C=O) groups is 1. The van der Waals surface area contributed by atoms with Gasteiger partial charge < -0.3 is 14.8 Å². The van der Waals surface area contributed by atoms with Gasteiger partial charge in [-0.3, -0.25) is 10.3 Å². The fourth-order valence-corrected chi connectivity index (χ4v) is 4.16. The van der Waals surface area contributed by atoms with Crippen molar-refractivity contribution in [1.29, 1.82) is 0 Å². The normalized spacial score (nSPS) is 19.3. The summed E-state index contributed by atoms with van der Waals surface area (Å²) < 4.78 is 12.0. The molecule has 27 heavy (non-hydrogen) atoms. The van der Waals surface area contributed by atoms with Gasteiger partial charge in [0.05, 0.1) is 22.9 Å². The van der Waals surface area contributed by atoms with Crippen LogP contribution in [0.1, 0.15) is 23.7 Å². The number of nitrogens with one attached hydrogen (secondary N) is 2. The van der Waals surface area contributed by atoms with Crippen LogP contribution in [0.15, 0.2) is 42.7 Å². The Labute approximate surface area is 160 Å². The van der Waals surface area contributed by atoms with E-state index in [1.165, 1.54) is 11.3 Å². The quantitative estimate of drug-likeness (QED) is 0.703. The largest absolute Gasteiger partial charge is 0.380 e. The molecule has 1 aromatic carbocycles. The second-order valence-electron chi connectivity index (χ2n) is 6.28. The van der Waals surface area contributed by atoms with E-state index in [1.807, 2.05) is 30.3 Å². The molecule has 2 aromatic heterocycles. The van der Waals surface area contributed by atoms with Gasteiger partial charge in [-0.05, 0) is 30.2 Å². The fourth-order valence-electron chi connectivity index (χ4n) is 3.25. The predicted molar refractivity (Wildman–Crippen MR) is 104 cm³/mol. The Kier molecular flexibility index (Phi) is 5.28. The van der Waals surface area contributed by atoms with Crippen molar-refractivity contribution in [2.45, 2.75) is 25.2 Å². The summed E-state index contributed by atoms with van der Waals surface area (Å²) in [7, 11) is 1.65. The van der Waals surface area contributed by atoms with E-state index in [-0.39, 0.29) is 18.2 Å². The number of hydrogen-bond donors (Lipinski definition) is 2. The lowest BCUT2D eigenvalue weighted by molar-refractivity contribution is 0.100. The highest BCUT2D eigenvalue weighted by molar-refractivity contribution is 7.22. The highest BCUT2D eigenvalue weighted by Gasteiger charge is 2.31. The van der Waals surface area contributed by atoms with Crippen LogP contribution in [0.25, 0.3) is 10.2 Å². The fraction of sp³-hybridized carbons (Fsp3) is 0.316. The third kappa shape index (κ3) is 3.92. The molecule has 0 radical (unpaired) electrons. The van der Waals surface area contributed by atoms with E-state index in [9.17, 15) is 4.79 Å². The lowest BCUT2D eigenvalue weighted by Gasteiger charge is -2.19. The van der Waals surface area contributed by atoms with Crippen LogP contribution in [0.5, 0.6) is 0 Å². The molecule has 1 saturated heterocycles. The van der Waals surface area contributed by atoms with Gasteiger partial charge in [-0.25, -0.2) is 9.78 Å². The van der Waals surface area contributed by atoms with E-state index >= 15 is 0 Å². The van der Waals surface area contributed by atoms with E-state index in [4.69, 9.17) is 9.47 Å². The van der Waals surface area contributed by atoms with Crippen LogP contribution in [0.3, 0.4) is 0 Å². The van der Waals surface area contributed by atoms with Gasteiger partial charge in [-0.2, -0.15) is 0 Å². The number of nitrogens with zero attached hydrogens (tertiary/aromatic N) is 2. The molecule has 2 amide bonds. The monoisotopic (exact) mass is 384 g/mol. The van der Waals surface area contributed by atoms with Crippen molar-refractivity contribution in [3.8, 4) is 0 Å². The SMILES string of the molecule is COCc1cccc2sc(NC(=O)N[C@@H]3CCO[C@H]3c3ccncc3)nc12. The molecule has 140 valence electrons. The summed E-state index contributed by atoms with van der Waals surface area (Å²) in [5.74, 6) is 0. The van der Waals surface area contributed by atoms with E-state index < -0.39 is 0 Å². The zero-order chi connectivity index (χ0) is 18.6. The molecule has 0 bridgehead atoms. The number of hydrogen-bond acceptors (Lipinski definition) is 6. The van der Waals surface area contributed by atoms with Crippen LogP contribution in [0.2, 0.25) is 0 Å². The van der Waals surface area contributed by atoms with Gasteiger partial charge >= 0.3 is 6.03 Å². The zero-order valence-electron chi connectivity index (χ0n) is 14.8. The van der Waals surface area contributed by atoms with Gasteiger partial charge in [0, 0.05) is 31.7 Å². The minimum absolute atomic E-state index is 0.0918. The van der Waals surface area contributed by atoms with Gasteiger partial charge in [0.25, 0.3) is 0 Å². The first kappa shape index (κ1) is 17.8. The number of amides is 2. The lowest BCUT2D eigenvalue weighted by Crippen LogP contribution is -2.39. The number of para-hydroxylation sites is 1. The van der Waals surface area contributed by atoms with E-state index in [2.05, 4.69) is 20.6 Å². The molecule has 3 heterocycles. The molecular weight excluding hydrogens is 364 g/mol. The van der Waals surface area contributed by atoms with Crippen molar-refractivity contribution in [1.82, 2.24) is 15.3 Å². The second-order valence-corrected chi connectivity index (χ2v) is 7.31. The number of methoxy groups -OCH3 is 1. The van der Waals surface area contributed by atoms with Crippen LogP contribution in [0, 0.1) is 0 Å². The molecule has 2 atom stereocenters. The first-order chi connectivity index (χ1) is 13.2. The Morgan fingerprint density at radius 1 is 1.33 bits per heavy atom. The van der Waals surface area contributed by atoms with Crippen molar-refractivity contribution in [3.05, 3.63) is 53.9 Å². The number of benzene rings is 1. The van der Waals surface area contributed by atoms with Crippen LogP contribution in [-0.2, 0) is 16.1 Å². The number of urea groups is 1. The van der Waals surface area contributed by atoms with Crippen molar-refractivity contribution in [2.24, 2.45) is 0 Å². The van der Waals surface area contributed by atoms with Gasteiger partial charge in [0.2, 0.25) is 0 Å². The predicted octanol–water partition coefficient (Wildman–Crippen LogP) is 3.49. The maximum Gasteiger partial charge on any atom is 0.321 e. The Morgan fingerprint density at radius 2 is 2.19 bits per heavy atom. The smallest absolute Gasteiger partial charge is 0.321 e. The number of anilines is 1. The number of rotatable bonds is 5. The summed E-state index contributed by atoms with van der Waals surface area (Å²) in [5, 5.41) is 6.42. The van der Waals surface area contributed by atoms with Gasteiger partial charge in [0.15, 0.2) is 5.13 Å². The van der Waals surface area contributed by atoms with Gasteiger partial charge in [0.1, 0.15) is 6.10 Å². The summed E-state index contributed by atoms with van der Waals surface area (Å²) in [4.78, 5) is 21.1. The van der Waals surface area contributed by atoms with Crippen LogP contribution in [-0.4, -0.2) is 35.8 Å². The summed E-state index contributed by atoms with van der Waals surface area (Å²) in [6.45, 7) is 1.10. The highest BCUT2D eigenvalue weighted by Crippen LogP contribution is 2.30. The van der Waals surface area contributed by atoms with Crippen molar-refractivity contribution in [2.75, 3.05) is 19.0 Å². The van der Waals surface area contributed by atoms with E-state index in [0.717, 1.165) is 27.8 Å². The summed E-state index contributed by atoms with van der Waals surface area (Å²) >= 11 is 1.44. The Hall–Kier alpha value is -2.55. The molecule has 2 N–H and O–H groups in total. The Balaban J connectivity index is 1.45. The van der Waals surface area contributed by atoms with Crippen molar-refractivity contribution >= 4 is 32.7 Å². The minimum atomic E-state index is -0.281. The van der Waals surface area contributed by atoms with Crippen LogP contribution >= 0.6 is 11.3 Å². The summed E-state index contributed by atoms with van der Waals surface area (Å²) in [6, 6.07) is 9.38. The maximum absolute atomic E-state index is 12.5. The third-order valence-corrected chi connectivity index (χ3v) is 5.40. The lowest BCUT2D eigenvalue weighted by atomic mass is 10.0. The molecule has 0 saturated carbocycles. The average molecular weight is 384 g/mol. The molecule has 0 spiro atoms. The van der Waals surface area contributed by atoms with Crippen LogP contribution < -0.4 is 10.6 Å².